The maximum Gasteiger partial charge on any atom is 0.132 e. The van der Waals surface area contributed by atoms with E-state index in [-0.39, 0.29) is 21.7 Å². The van der Waals surface area contributed by atoms with E-state index in [9.17, 15) is 0 Å². The second-order valence-electron chi connectivity index (χ2n) is 27.7. The van der Waals surface area contributed by atoms with Crippen molar-refractivity contribution in [3.8, 4) is 45.3 Å². The summed E-state index contributed by atoms with van der Waals surface area (Å²) < 4.78 is 16.8. The van der Waals surface area contributed by atoms with Crippen LogP contribution in [0.2, 0.25) is 0 Å². The second-order valence-corrected chi connectivity index (χ2v) is 28.8. The Hall–Kier alpha value is -8.18. The maximum atomic E-state index is 7.13. The minimum Gasteiger partial charge on any atom is -0.457 e. The lowest BCUT2D eigenvalue weighted by molar-refractivity contribution is 0.433. The van der Waals surface area contributed by atoms with Crippen molar-refractivity contribution in [1.29, 1.82) is 0 Å². The molecule has 4 aliphatic rings. The van der Waals surface area contributed by atoms with Crippen LogP contribution in [-0.4, -0.2) is 0 Å². The largest absolute Gasteiger partial charge is 0.457 e. The fourth-order valence-corrected chi connectivity index (χ4v) is 15.5. The number of rotatable bonds is 3. The number of hydrogen-bond donors (Lipinski definition) is 0. The molecular formula is C78H69NO2S. The molecule has 2 aliphatic carbocycles. The molecule has 0 amide bonds. The van der Waals surface area contributed by atoms with Crippen molar-refractivity contribution in [1.82, 2.24) is 0 Å². The Morgan fingerprint density at radius 1 is 0.317 bits per heavy atom. The van der Waals surface area contributed by atoms with E-state index in [0.717, 1.165) is 40.1 Å². The van der Waals surface area contributed by atoms with Gasteiger partial charge in [-0.1, -0.05) is 192 Å². The molecular weight excluding hydrogens is 1010 g/mol. The first-order chi connectivity index (χ1) is 39.1. The summed E-state index contributed by atoms with van der Waals surface area (Å²) in [6.07, 6.45) is 0. The zero-order valence-corrected chi connectivity index (χ0v) is 50.0. The number of nitrogens with zero attached hydrogens (tertiary/aromatic N) is 1. The van der Waals surface area contributed by atoms with Gasteiger partial charge in [0.1, 0.15) is 23.0 Å². The molecule has 11 aromatic rings. The van der Waals surface area contributed by atoms with Crippen molar-refractivity contribution in [3.05, 3.63) is 267 Å². The number of fused-ring (bicyclic) bond motifs is 21. The first-order valence-electron chi connectivity index (χ1n) is 29.3. The first kappa shape index (κ1) is 50.8. The Kier molecular flexibility index (Phi) is 10.6. The minimum atomic E-state index is -0.713. The summed E-state index contributed by atoms with van der Waals surface area (Å²) in [5, 5.41) is 2.50. The van der Waals surface area contributed by atoms with Crippen molar-refractivity contribution in [2.75, 3.05) is 4.90 Å². The van der Waals surface area contributed by atoms with Crippen LogP contribution >= 0.6 is 11.3 Å². The Morgan fingerprint density at radius 3 is 1.10 bits per heavy atom. The van der Waals surface area contributed by atoms with E-state index < -0.39 is 10.8 Å². The second kappa shape index (κ2) is 17.2. The molecule has 3 heterocycles. The molecule has 1 aromatic heterocycles. The van der Waals surface area contributed by atoms with Gasteiger partial charge in [0.25, 0.3) is 0 Å². The lowest BCUT2D eigenvalue weighted by Crippen LogP contribution is -2.33. The number of benzene rings is 10. The van der Waals surface area contributed by atoms with Gasteiger partial charge in [0.15, 0.2) is 0 Å². The van der Waals surface area contributed by atoms with E-state index >= 15 is 0 Å². The molecule has 404 valence electrons. The van der Waals surface area contributed by atoms with Crippen LogP contribution in [0.5, 0.6) is 23.0 Å². The van der Waals surface area contributed by atoms with Crippen molar-refractivity contribution in [3.63, 3.8) is 0 Å². The van der Waals surface area contributed by atoms with E-state index in [0.29, 0.717) is 0 Å². The van der Waals surface area contributed by atoms with Gasteiger partial charge >= 0.3 is 0 Å². The summed E-state index contributed by atoms with van der Waals surface area (Å²) in [6, 6.07) is 76.8. The average molecular weight is 1080 g/mol. The first-order valence-corrected chi connectivity index (χ1v) is 30.1. The van der Waals surface area contributed by atoms with E-state index in [1.165, 1.54) is 109 Å². The monoisotopic (exact) mass is 1080 g/mol. The third-order valence-corrected chi connectivity index (χ3v) is 19.8. The molecule has 2 aliphatic heterocycles. The molecule has 0 N–H and O–H groups in total. The molecule has 0 saturated heterocycles. The lowest BCUT2D eigenvalue weighted by atomic mass is 9.64. The van der Waals surface area contributed by atoms with Crippen molar-refractivity contribution < 1.29 is 9.47 Å². The van der Waals surface area contributed by atoms with Crippen molar-refractivity contribution in [2.45, 2.75) is 116 Å². The predicted molar refractivity (Wildman–Crippen MR) is 344 cm³/mol. The average Bonchev–Trinajstić information content (AvgIpc) is 1.72. The van der Waals surface area contributed by atoms with Gasteiger partial charge < -0.3 is 14.4 Å². The SMILES string of the molecule is CC(C)(C)c1ccc2c(c1)C1(c3cc(C(C)(C)C)ccc3O2)c2ccccc2-c2ccc(N(c3ccc4c(c3)C3(c5cc(C(C)(C)C)ccc5Oc5ccc(C(C)(C)C)cc53)c3ccccc3-4)c3cccc4sc5ccccc5c34)cc21. The Morgan fingerprint density at radius 2 is 0.683 bits per heavy atom. The smallest absolute Gasteiger partial charge is 0.132 e. The number of hydrogen-bond acceptors (Lipinski definition) is 4. The zero-order chi connectivity index (χ0) is 56.6. The standard InChI is InChI=1S/C78H69NO2S/c1-73(2,3)46-28-36-66-61(40-46)77(62-41-47(74(4,5)6)29-37-67(62)80-66)57-23-16-13-20-52(57)54-34-32-50(44-59(54)77)79(65-25-19-27-71-72(65)56-22-15-18-26-70(56)82-71)51-33-35-55-53-21-14-17-24-58(53)78(60(55)45-51)63-42-48(75(7,8)9)30-38-68(63)81-69-39-31-49(43-64(69)78)76(10,11)12/h13-45H,1-12H3. The summed E-state index contributed by atoms with van der Waals surface area (Å²) in [6.45, 7) is 27.9. The molecule has 0 radical (unpaired) electrons. The predicted octanol–water partition coefficient (Wildman–Crippen LogP) is 21.7. The zero-order valence-electron chi connectivity index (χ0n) is 49.2. The van der Waals surface area contributed by atoms with E-state index in [4.69, 9.17) is 9.47 Å². The van der Waals surface area contributed by atoms with E-state index in [1.54, 1.807) is 0 Å². The fraction of sp³-hybridized carbons (Fsp3) is 0.231. The van der Waals surface area contributed by atoms with Gasteiger partial charge in [0.2, 0.25) is 0 Å². The van der Waals surface area contributed by atoms with Crippen LogP contribution in [0.15, 0.2) is 200 Å². The summed E-state index contributed by atoms with van der Waals surface area (Å²) in [7, 11) is 0. The van der Waals surface area contributed by atoms with Crippen molar-refractivity contribution >= 4 is 48.6 Å². The van der Waals surface area contributed by atoms with Gasteiger partial charge in [-0.2, -0.15) is 0 Å². The third-order valence-electron chi connectivity index (χ3n) is 18.6. The summed E-state index contributed by atoms with van der Waals surface area (Å²) in [4.78, 5) is 2.59. The molecule has 0 bridgehead atoms. The molecule has 3 nitrogen and oxygen atoms in total. The molecule has 0 fully saturated rings. The van der Waals surface area contributed by atoms with Crippen LogP contribution in [0.25, 0.3) is 42.4 Å². The Bertz CT molecular complexity index is 4160. The molecule has 2 spiro atoms. The molecule has 0 atom stereocenters. The topological polar surface area (TPSA) is 21.7 Å². The lowest BCUT2D eigenvalue weighted by Gasteiger charge is -2.41. The quantitative estimate of drug-likeness (QED) is 0.176. The van der Waals surface area contributed by atoms with Gasteiger partial charge in [-0.3, -0.25) is 0 Å². The number of thiophene rings is 1. The van der Waals surface area contributed by atoms with Crippen LogP contribution in [0.4, 0.5) is 17.1 Å². The summed E-state index contributed by atoms with van der Waals surface area (Å²) in [5.74, 6) is 3.59. The molecule has 15 rings (SSSR count). The Balaban J connectivity index is 1.06. The van der Waals surface area contributed by atoms with Gasteiger partial charge in [-0.25, -0.2) is 0 Å². The molecule has 4 heteroatoms. The van der Waals surface area contributed by atoms with Crippen molar-refractivity contribution in [2.24, 2.45) is 0 Å². The fourth-order valence-electron chi connectivity index (χ4n) is 14.4. The van der Waals surface area contributed by atoms with Gasteiger partial charge in [0.05, 0.1) is 16.5 Å². The highest BCUT2D eigenvalue weighted by Crippen LogP contribution is 2.66. The summed E-state index contributed by atoms with van der Waals surface area (Å²) in [5.41, 5.74) is 21.3. The maximum absolute atomic E-state index is 7.13. The molecule has 0 unspecified atom stereocenters. The highest BCUT2D eigenvalue weighted by Gasteiger charge is 2.54. The molecule has 0 saturated carbocycles. The van der Waals surface area contributed by atoms with Crippen LogP contribution in [-0.2, 0) is 32.5 Å². The van der Waals surface area contributed by atoms with Gasteiger partial charge in [0, 0.05) is 53.8 Å². The third kappa shape index (κ3) is 7.13. The number of anilines is 3. The normalized spacial score (nSPS) is 15.0. The minimum absolute atomic E-state index is 0.107. The number of ether oxygens (including phenoxy) is 2. The van der Waals surface area contributed by atoms with Crippen LogP contribution < -0.4 is 14.4 Å². The Labute approximate surface area is 487 Å². The van der Waals surface area contributed by atoms with Crippen LogP contribution in [0, 0.1) is 0 Å². The van der Waals surface area contributed by atoms with Crippen LogP contribution in [0.3, 0.4) is 0 Å². The molecule has 10 aromatic carbocycles. The molecule has 82 heavy (non-hydrogen) atoms. The van der Waals surface area contributed by atoms with E-state index in [2.05, 4.69) is 288 Å². The van der Waals surface area contributed by atoms with E-state index in [1.807, 2.05) is 11.3 Å². The summed E-state index contributed by atoms with van der Waals surface area (Å²) >= 11 is 1.87. The van der Waals surface area contributed by atoms with Gasteiger partial charge in [-0.05, 0) is 179 Å². The highest BCUT2D eigenvalue weighted by atomic mass is 32.1. The van der Waals surface area contributed by atoms with Gasteiger partial charge in [-0.15, -0.1) is 11.3 Å². The highest BCUT2D eigenvalue weighted by molar-refractivity contribution is 7.26. The van der Waals surface area contributed by atoms with Crippen LogP contribution in [0.1, 0.15) is 150 Å².